The van der Waals surface area contributed by atoms with Crippen molar-refractivity contribution in [2.75, 3.05) is 14.1 Å². The van der Waals surface area contributed by atoms with Gasteiger partial charge in [-0.3, -0.25) is 14.4 Å². The Morgan fingerprint density at radius 1 is 1.30 bits per heavy atom. The van der Waals surface area contributed by atoms with Gasteiger partial charge in [-0.2, -0.15) is 0 Å². The predicted molar refractivity (Wildman–Crippen MR) is 98.0 cm³/mol. The average Bonchev–Trinajstić information content (AvgIpc) is 3.09. The topological polar surface area (TPSA) is 117 Å². The van der Waals surface area contributed by atoms with Gasteiger partial charge < -0.3 is 15.3 Å². The molecule has 0 bridgehead atoms. The minimum atomic E-state index is -0.869. The summed E-state index contributed by atoms with van der Waals surface area (Å²) in [5.41, 5.74) is 0.130. The van der Waals surface area contributed by atoms with Crippen molar-refractivity contribution in [2.45, 2.75) is 64.0 Å². The van der Waals surface area contributed by atoms with E-state index in [1.54, 1.807) is 14.1 Å². The maximum Gasteiger partial charge on any atom is 0.303 e. The third-order valence-corrected chi connectivity index (χ3v) is 4.95. The van der Waals surface area contributed by atoms with Gasteiger partial charge in [-0.25, -0.2) is 4.68 Å². The number of likely N-dealkylation sites (N-methyl/N-ethyl adjacent to an activating group) is 1. The molecule has 0 saturated heterocycles. The summed E-state index contributed by atoms with van der Waals surface area (Å²) in [6, 6.07) is -0.203. The normalized spacial score (nSPS) is 15.9. The molecular weight excluding hydrogens is 350 g/mol. The molecule has 0 aliphatic heterocycles. The van der Waals surface area contributed by atoms with Crippen LogP contribution in [-0.4, -0.2) is 62.9 Å². The number of carboxylic acids is 1. The molecule has 150 valence electrons. The number of hydrogen-bond donors (Lipinski definition) is 2. The second-order valence-corrected chi connectivity index (χ2v) is 7.43. The Morgan fingerprint density at radius 3 is 2.63 bits per heavy atom. The smallest absolute Gasteiger partial charge is 0.303 e. The molecule has 1 aliphatic rings. The molecule has 1 unspecified atom stereocenters. The van der Waals surface area contributed by atoms with Gasteiger partial charge in [0.1, 0.15) is 6.54 Å². The molecule has 9 heteroatoms. The van der Waals surface area contributed by atoms with E-state index in [0.29, 0.717) is 12.3 Å². The zero-order chi connectivity index (χ0) is 19.8. The third kappa shape index (κ3) is 6.99. The third-order valence-electron chi connectivity index (χ3n) is 4.95. The fraction of sp³-hybridized carbons (Fsp3) is 0.722. The minimum Gasteiger partial charge on any atom is -0.481 e. The van der Waals surface area contributed by atoms with Crippen LogP contribution in [0.25, 0.3) is 0 Å². The Bertz CT molecular complexity index is 652. The number of amides is 2. The standard InChI is InChI=1S/C18H29N5O4/c1-22(2)16(24)12-23-11-15(20-21-23)18(27)19-14(8-9-17(25)26)10-13-6-4-3-5-7-13/h11,13-14H,3-10,12H2,1-2H3,(H,19,27)(H,25,26). The molecule has 1 aromatic rings. The van der Waals surface area contributed by atoms with Crippen molar-refractivity contribution >= 4 is 17.8 Å². The summed E-state index contributed by atoms with van der Waals surface area (Å²) in [6.07, 6.45) is 8.52. The first-order chi connectivity index (χ1) is 12.8. The summed E-state index contributed by atoms with van der Waals surface area (Å²) < 4.78 is 1.32. The Balaban J connectivity index is 1.95. The number of aromatic nitrogens is 3. The van der Waals surface area contributed by atoms with Gasteiger partial charge in [0.05, 0.1) is 6.20 Å². The molecule has 0 spiro atoms. The van der Waals surface area contributed by atoms with Gasteiger partial charge in [0.15, 0.2) is 5.69 Å². The van der Waals surface area contributed by atoms with E-state index in [9.17, 15) is 14.4 Å². The fourth-order valence-electron chi connectivity index (χ4n) is 3.39. The van der Waals surface area contributed by atoms with Crippen molar-refractivity contribution < 1.29 is 19.5 Å². The summed E-state index contributed by atoms with van der Waals surface area (Å²) in [5, 5.41) is 19.5. The van der Waals surface area contributed by atoms with E-state index in [1.165, 1.54) is 35.0 Å². The van der Waals surface area contributed by atoms with Gasteiger partial charge in [-0.05, 0) is 18.8 Å². The molecule has 1 saturated carbocycles. The Hall–Kier alpha value is -2.45. The highest BCUT2D eigenvalue weighted by Crippen LogP contribution is 2.28. The molecule has 2 N–H and O–H groups in total. The van der Waals surface area contributed by atoms with Crippen molar-refractivity contribution in [3.05, 3.63) is 11.9 Å². The molecular formula is C18H29N5O4. The van der Waals surface area contributed by atoms with E-state index in [0.717, 1.165) is 19.3 Å². The van der Waals surface area contributed by atoms with E-state index in [1.807, 2.05) is 0 Å². The molecule has 27 heavy (non-hydrogen) atoms. The summed E-state index contributed by atoms with van der Waals surface area (Å²) in [4.78, 5) is 36.6. The number of carbonyl (C=O) groups excluding carboxylic acids is 2. The quantitative estimate of drug-likeness (QED) is 0.668. The lowest BCUT2D eigenvalue weighted by molar-refractivity contribution is -0.137. The number of nitrogens with one attached hydrogen (secondary N) is 1. The van der Waals surface area contributed by atoms with Crippen LogP contribution in [0, 0.1) is 5.92 Å². The zero-order valence-electron chi connectivity index (χ0n) is 16.1. The fourth-order valence-corrected chi connectivity index (χ4v) is 3.39. The maximum absolute atomic E-state index is 12.5. The highest BCUT2D eigenvalue weighted by molar-refractivity contribution is 5.92. The molecule has 0 aromatic carbocycles. The lowest BCUT2D eigenvalue weighted by Gasteiger charge is -2.26. The van der Waals surface area contributed by atoms with Gasteiger partial charge in [-0.15, -0.1) is 5.10 Å². The van der Waals surface area contributed by atoms with Crippen LogP contribution in [0.3, 0.4) is 0 Å². The summed E-state index contributed by atoms with van der Waals surface area (Å²) >= 11 is 0. The second-order valence-electron chi connectivity index (χ2n) is 7.43. The van der Waals surface area contributed by atoms with Crippen molar-refractivity contribution in [2.24, 2.45) is 5.92 Å². The van der Waals surface area contributed by atoms with Crippen molar-refractivity contribution in [3.63, 3.8) is 0 Å². The number of rotatable bonds is 9. The van der Waals surface area contributed by atoms with Crippen LogP contribution < -0.4 is 5.32 Å². The van der Waals surface area contributed by atoms with E-state index < -0.39 is 5.97 Å². The van der Waals surface area contributed by atoms with E-state index in [4.69, 9.17) is 5.11 Å². The van der Waals surface area contributed by atoms with E-state index in [2.05, 4.69) is 15.6 Å². The summed E-state index contributed by atoms with van der Waals surface area (Å²) in [6.45, 7) is 0.0117. The maximum atomic E-state index is 12.5. The largest absolute Gasteiger partial charge is 0.481 e. The van der Waals surface area contributed by atoms with Gasteiger partial charge in [0.2, 0.25) is 5.91 Å². The van der Waals surface area contributed by atoms with Gasteiger partial charge >= 0.3 is 5.97 Å². The number of carbonyl (C=O) groups is 3. The SMILES string of the molecule is CN(C)C(=O)Cn1cc(C(=O)NC(CCC(=O)O)CC2CCCCC2)nn1. The number of carboxylic acid groups (broad SMARTS) is 1. The molecule has 9 nitrogen and oxygen atoms in total. The van der Waals surface area contributed by atoms with Crippen LogP contribution in [-0.2, 0) is 16.1 Å². The number of hydrogen-bond acceptors (Lipinski definition) is 5. The van der Waals surface area contributed by atoms with E-state index in [-0.39, 0.29) is 36.5 Å². The highest BCUT2D eigenvalue weighted by Gasteiger charge is 2.23. The molecule has 1 heterocycles. The molecule has 2 amide bonds. The van der Waals surface area contributed by atoms with Crippen molar-refractivity contribution in [3.8, 4) is 0 Å². The van der Waals surface area contributed by atoms with Gasteiger partial charge in [0.25, 0.3) is 5.91 Å². The minimum absolute atomic E-state index is 0.0117. The molecule has 1 aromatic heterocycles. The van der Waals surface area contributed by atoms with Gasteiger partial charge in [0, 0.05) is 26.6 Å². The van der Waals surface area contributed by atoms with Crippen LogP contribution in [0.5, 0.6) is 0 Å². The lowest BCUT2D eigenvalue weighted by atomic mass is 9.84. The zero-order valence-corrected chi connectivity index (χ0v) is 16.1. The van der Waals surface area contributed by atoms with Crippen LogP contribution in [0.4, 0.5) is 0 Å². The Morgan fingerprint density at radius 2 is 2.00 bits per heavy atom. The average molecular weight is 379 g/mol. The first kappa shape index (κ1) is 20.9. The number of nitrogens with zero attached hydrogens (tertiary/aromatic N) is 4. The van der Waals surface area contributed by atoms with Crippen LogP contribution in [0.2, 0.25) is 0 Å². The Kier molecular flexibility index (Phi) is 7.75. The first-order valence-electron chi connectivity index (χ1n) is 9.48. The Labute approximate surface area is 159 Å². The number of aliphatic carboxylic acids is 1. The second kappa shape index (κ2) is 10.0. The highest BCUT2D eigenvalue weighted by atomic mass is 16.4. The van der Waals surface area contributed by atoms with Crippen LogP contribution >= 0.6 is 0 Å². The first-order valence-corrected chi connectivity index (χ1v) is 9.48. The molecule has 0 radical (unpaired) electrons. The van der Waals surface area contributed by atoms with Crippen molar-refractivity contribution in [1.29, 1.82) is 0 Å². The monoisotopic (exact) mass is 379 g/mol. The molecule has 1 aliphatic carbocycles. The van der Waals surface area contributed by atoms with Crippen LogP contribution in [0.1, 0.15) is 61.9 Å². The predicted octanol–water partition coefficient (Wildman–Crippen LogP) is 1.30. The molecule has 2 rings (SSSR count). The summed E-state index contributed by atoms with van der Waals surface area (Å²) in [7, 11) is 3.29. The molecule has 1 fully saturated rings. The molecule has 1 atom stereocenters. The van der Waals surface area contributed by atoms with E-state index >= 15 is 0 Å². The van der Waals surface area contributed by atoms with Crippen molar-refractivity contribution in [1.82, 2.24) is 25.2 Å². The van der Waals surface area contributed by atoms with Crippen LogP contribution in [0.15, 0.2) is 6.20 Å². The van der Waals surface area contributed by atoms with Gasteiger partial charge in [-0.1, -0.05) is 37.3 Å². The lowest BCUT2D eigenvalue weighted by Crippen LogP contribution is -2.37. The summed E-state index contributed by atoms with van der Waals surface area (Å²) in [5.74, 6) is -0.884.